The number of ether oxygens (including phenoxy) is 1. The van der Waals surface area contributed by atoms with Gasteiger partial charge in [0.15, 0.2) is 11.7 Å². The predicted molar refractivity (Wildman–Crippen MR) is 86.6 cm³/mol. The number of carbonyl (C=O) groups excluding carboxylic acids is 1. The van der Waals surface area contributed by atoms with Gasteiger partial charge in [-0.25, -0.2) is 0 Å². The van der Waals surface area contributed by atoms with Crippen molar-refractivity contribution in [2.45, 2.75) is 20.3 Å². The molecule has 5 nitrogen and oxygen atoms in total. The molecule has 1 aromatic rings. The van der Waals surface area contributed by atoms with E-state index in [4.69, 9.17) is 17.0 Å². The lowest BCUT2D eigenvalue weighted by molar-refractivity contribution is -0.123. The van der Waals surface area contributed by atoms with Crippen LogP contribution in [0.25, 0.3) is 0 Å². The van der Waals surface area contributed by atoms with E-state index in [1.807, 2.05) is 25.1 Å². The zero-order chi connectivity index (χ0) is 15.0. The van der Waals surface area contributed by atoms with Gasteiger partial charge in [0.05, 0.1) is 4.47 Å². The van der Waals surface area contributed by atoms with Gasteiger partial charge < -0.3 is 10.1 Å². The first-order valence-corrected chi connectivity index (χ1v) is 7.50. The second kappa shape index (κ2) is 8.76. The highest BCUT2D eigenvalue weighted by atomic mass is 79.9. The Labute approximate surface area is 132 Å². The minimum Gasteiger partial charge on any atom is -0.483 e. The Morgan fingerprint density at radius 1 is 1.35 bits per heavy atom. The summed E-state index contributed by atoms with van der Waals surface area (Å²) in [5, 5.41) is 3.22. The lowest BCUT2D eigenvalue weighted by atomic mass is 10.2. The number of benzene rings is 1. The van der Waals surface area contributed by atoms with Gasteiger partial charge in [-0.05, 0) is 59.2 Å². The summed E-state index contributed by atoms with van der Waals surface area (Å²) in [4.78, 5) is 11.6. The zero-order valence-corrected chi connectivity index (χ0v) is 13.9. The van der Waals surface area contributed by atoms with Gasteiger partial charge in [0.25, 0.3) is 5.91 Å². The van der Waals surface area contributed by atoms with Gasteiger partial charge >= 0.3 is 0 Å². The fourth-order valence-corrected chi connectivity index (χ4v) is 2.13. The molecule has 0 aliphatic rings. The summed E-state index contributed by atoms with van der Waals surface area (Å²) < 4.78 is 6.26. The zero-order valence-electron chi connectivity index (χ0n) is 11.5. The van der Waals surface area contributed by atoms with Crippen LogP contribution in [0.3, 0.4) is 0 Å². The molecule has 110 valence electrons. The van der Waals surface area contributed by atoms with Crippen LogP contribution in [0.2, 0.25) is 0 Å². The maximum absolute atomic E-state index is 11.6. The number of halogens is 1. The van der Waals surface area contributed by atoms with Crippen molar-refractivity contribution in [3.8, 4) is 5.75 Å². The van der Waals surface area contributed by atoms with Gasteiger partial charge in [0.1, 0.15) is 5.75 Å². The van der Waals surface area contributed by atoms with Gasteiger partial charge in [-0.2, -0.15) is 0 Å². The second-order valence-electron chi connectivity index (χ2n) is 3.94. The number of aryl methyl sites for hydroxylation is 1. The maximum Gasteiger partial charge on any atom is 0.276 e. The topological polar surface area (TPSA) is 62.4 Å². The van der Waals surface area contributed by atoms with Crippen LogP contribution < -0.4 is 20.9 Å². The normalized spacial score (nSPS) is 9.75. The van der Waals surface area contributed by atoms with Gasteiger partial charge in [-0.1, -0.05) is 13.0 Å². The summed E-state index contributed by atoms with van der Waals surface area (Å²) in [5.74, 6) is 0.323. The highest BCUT2D eigenvalue weighted by Gasteiger charge is 2.06. The van der Waals surface area contributed by atoms with Crippen molar-refractivity contribution in [2.24, 2.45) is 0 Å². The van der Waals surface area contributed by atoms with Gasteiger partial charge in [-0.3, -0.25) is 15.6 Å². The van der Waals surface area contributed by atoms with Gasteiger partial charge in [-0.15, -0.1) is 0 Å². The highest BCUT2D eigenvalue weighted by Crippen LogP contribution is 2.26. The first kappa shape index (κ1) is 16.7. The van der Waals surface area contributed by atoms with Crippen LogP contribution in [-0.4, -0.2) is 24.2 Å². The number of hydrogen-bond acceptors (Lipinski definition) is 3. The van der Waals surface area contributed by atoms with Crippen LogP contribution in [-0.2, 0) is 11.2 Å². The van der Waals surface area contributed by atoms with E-state index < -0.39 is 0 Å². The Bertz CT molecular complexity index is 483. The third-order valence-electron chi connectivity index (χ3n) is 2.42. The number of carbonyl (C=O) groups is 1. The molecule has 7 heteroatoms. The van der Waals surface area contributed by atoms with Gasteiger partial charge in [0.2, 0.25) is 0 Å². The van der Waals surface area contributed by atoms with E-state index in [1.165, 1.54) is 5.56 Å². The van der Waals surface area contributed by atoms with E-state index >= 15 is 0 Å². The Balaban J connectivity index is 2.39. The summed E-state index contributed by atoms with van der Waals surface area (Å²) in [5.41, 5.74) is 6.23. The number of rotatable bonds is 5. The molecule has 1 rings (SSSR count). The number of hydrazine groups is 1. The molecule has 0 saturated heterocycles. The van der Waals surface area contributed by atoms with Crippen LogP contribution in [0.1, 0.15) is 19.4 Å². The van der Waals surface area contributed by atoms with Crippen molar-refractivity contribution in [2.75, 3.05) is 13.2 Å². The van der Waals surface area contributed by atoms with E-state index in [1.54, 1.807) is 0 Å². The van der Waals surface area contributed by atoms with Crippen molar-refractivity contribution in [3.63, 3.8) is 0 Å². The molecule has 0 heterocycles. The Hall–Kier alpha value is -1.34. The van der Waals surface area contributed by atoms with Crippen molar-refractivity contribution < 1.29 is 9.53 Å². The van der Waals surface area contributed by atoms with E-state index in [0.29, 0.717) is 17.4 Å². The third kappa shape index (κ3) is 5.75. The first-order chi connectivity index (χ1) is 9.56. The van der Waals surface area contributed by atoms with Crippen LogP contribution in [0.4, 0.5) is 0 Å². The molecule has 0 aliphatic heterocycles. The number of thiocarbonyl (C=S) groups is 1. The fourth-order valence-electron chi connectivity index (χ4n) is 1.39. The maximum atomic E-state index is 11.6. The SMILES string of the molecule is CCNC(=S)NNC(=O)COc1ccc(CC)cc1Br. The van der Waals surface area contributed by atoms with Crippen LogP contribution in [0.5, 0.6) is 5.75 Å². The molecule has 1 aromatic carbocycles. The standard InChI is InChI=1S/C13H18BrN3O2S/c1-3-9-5-6-11(10(14)7-9)19-8-12(18)16-17-13(20)15-4-2/h5-7H,3-4,8H2,1-2H3,(H,16,18)(H2,15,17,20). The van der Waals surface area contributed by atoms with Crippen molar-refractivity contribution in [3.05, 3.63) is 28.2 Å². The van der Waals surface area contributed by atoms with E-state index in [-0.39, 0.29) is 12.5 Å². The van der Waals surface area contributed by atoms with Crippen molar-refractivity contribution >= 4 is 39.2 Å². The molecule has 20 heavy (non-hydrogen) atoms. The minimum absolute atomic E-state index is 0.0915. The average Bonchev–Trinajstić information content (AvgIpc) is 2.44. The second-order valence-corrected chi connectivity index (χ2v) is 5.20. The Kier molecular flexibility index (Phi) is 7.32. The molecule has 0 spiro atoms. The summed E-state index contributed by atoms with van der Waals surface area (Å²) in [6.07, 6.45) is 0.950. The molecule has 3 N–H and O–H groups in total. The molecule has 0 unspecified atom stereocenters. The Morgan fingerprint density at radius 2 is 2.10 bits per heavy atom. The average molecular weight is 360 g/mol. The van der Waals surface area contributed by atoms with Crippen LogP contribution >= 0.6 is 28.1 Å². The third-order valence-corrected chi connectivity index (χ3v) is 3.28. The summed E-state index contributed by atoms with van der Waals surface area (Å²) in [7, 11) is 0. The minimum atomic E-state index is -0.309. The summed E-state index contributed by atoms with van der Waals surface area (Å²) >= 11 is 8.33. The lowest BCUT2D eigenvalue weighted by Crippen LogP contribution is -2.48. The molecule has 0 fully saturated rings. The quantitative estimate of drug-likeness (QED) is 0.553. The first-order valence-electron chi connectivity index (χ1n) is 6.30. The molecular weight excluding hydrogens is 342 g/mol. The monoisotopic (exact) mass is 359 g/mol. The van der Waals surface area contributed by atoms with E-state index in [9.17, 15) is 4.79 Å². The fraction of sp³-hybridized carbons (Fsp3) is 0.385. The summed E-state index contributed by atoms with van der Waals surface area (Å²) in [6, 6.07) is 5.79. The van der Waals surface area contributed by atoms with Gasteiger partial charge in [0, 0.05) is 6.54 Å². The highest BCUT2D eigenvalue weighted by molar-refractivity contribution is 9.10. The largest absolute Gasteiger partial charge is 0.483 e. The smallest absolute Gasteiger partial charge is 0.276 e. The molecule has 1 amide bonds. The molecule has 0 bridgehead atoms. The molecular formula is C13H18BrN3O2S. The molecule has 0 aromatic heterocycles. The number of nitrogens with one attached hydrogen (secondary N) is 3. The lowest BCUT2D eigenvalue weighted by Gasteiger charge is -2.12. The Morgan fingerprint density at radius 3 is 2.70 bits per heavy atom. The molecule has 0 saturated carbocycles. The number of hydrogen-bond donors (Lipinski definition) is 3. The van der Waals surface area contributed by atoms with Crippen LogP contribution in [0.15, 0.2) is 22.7 Å². The molecule has 0 aliphatic carbocycles. The van der Waals surface area contributed by atoms with Crippen LogP contribution in [0, 0.1) is 0 Å². The number of amides is 1. The van der Waals surface area contributed by atoms with E-state index in [2.05, 4.69) is 39.0 Å². The van der Waals surface area contributed by atoms with Crippen molar-refractivity contribution in [1.82, 2.24) is 16.2 Å². The predicted octanol–water partition coefficient (Wildman–Crippen LogP) is 1.91. The van der Waals surface area contributed by atoms with Crippen molar-refractivity contribution in [1.29, 1.82) is 0 Å². The molecule has 0 radical (unpaired) electrons. The molecule has 0 atom stereocenters. The summed E-state index contributed by atoms with van der Waals surface area (Å²) in [6.45, 7) is 4.59. The van der Waals surface area contributed by atoms with E-state index in [0.717, 1.165) is 10.9 Å².